The first-order chi connectivity index (χ1) is 8.17. The Hall–Kier alpha value is -1.42. The van der Waals surface area contributed by atoms with E-state index in [0.29, 0.717) is 12.1 Å². The van der Waals surface area contributed by atoms with Crippen LogP contribution >= 0.6 is 0 Å². The van der Waals surface area contributed by atoms with Gasteiger partial charge in [0, 0.05) is 24.4 Å². The van der Waals surface area contributed by atoms with Gasteiger partial charge in [0.05, 0.1) is 12.2 Å². The summed E-state index contributed by atoms with van der Waals surface area (Å²) < 4.78 is 0. The van der Waals surface area contributed by atoms with Crippen LogP contribution in [0, 0.1) is 5.41 Å². The Morgan fingerprint density at radius 2 is 2.18 bits per heavy atom. The number of aromatic nitrogens is 1. The molecular weight excluding hydrogens is 216 g/mol. The van der Waals surface area contributed by atoms with Crippen molar-refractivity contribution in [1.29, 1.82) is 0 Å². The van der Waals surface area contributed by atoms with Crippen molar-refractivity contribution in [2.75, 3.05) is 13.2 Å². The van der Waals surface area contributed by atoms with Gasteiger partial charge in [-0.1, -0.05) is 13.8 Å². The minimum absolute atomic E-state index is 0.0906. The number of hydrogen-bond acceptors (Lipinski definition) is 3. The number of nitrogens with one attached hydrogen (secondary N) is 1. The highest BCUT2D eigenvalue weighted by Gasteiger charge is 2.25. The average Bonchev–Trinajstić information content (AvgIpc) is 2.41. The Bertz CT molecular complexity index is 339. The second-order valence-corrected chi connectivity index (χ2v) is 4.29. The molecule has 1 aromatic heterocycles. The fraction of sp³-hybridized carbons (Fsp3) is 0.538. The lowest BCUT2D eigenvalue weighted by Crippen LogP contribution is -2.39. The van der Waals surface area contributed by atoms with E-state index in [1.165, 1.54) is 6.20 Å². The number of aliphatic hydroxyl groups excluding tert-OH is 1. The van der Waals surface area contributed by atoms with Crippen LogP contribution in [0.25, 0.3) is 0 Å². The molecule has 0 fully saturated rings. The number of aliphatic hydroxyl groups is 1. The topological polar surface area (TPSA) is 62.2 Å². The summed E-state index contributed by atoms with van der Waals surface area (Å²) in [7, 11) is 0. The molecule has 0 aromatic carbocycles. The van der Waals surface area contributed by atoms with Crippen LogP contribution in [0.3, 0.4) is 0 Å². The van der Waals surface area contributed by atoms with Crippen molar-refractivity contribution in [2.24, 2.45) is 5.41 Å². The Labute approximate surface area is 102 Å². The molecule has 0 radical (unpaired) electrons. The predicted octanol–water partition coefficient (Wildman–Crippen LogP) is 1.61. The third kappa shape index (κ3) is 3.53. The summed E-state index contributed by atoms with van der Waals surface area (Å²) in [4.78, 5) is 15.7. The van der Waals surface area contributed by atoms with Crippen LogP contribution in [0.15, 0.2) is 24.5 Å². The summed E-state index contributed by atoms with van der Waals surface area (Å²) in [5.74, 6) is -0.141. The zero-order valence-electron chi connectivity index (χ0n) is 10.4. The fourth-order valence-corrected chi connectivity index (χ4v) is 1.65. The molecule has 0 atom stereocenters. The quantitative estimate of drug-likeness (QED) is 0.788. The molecule has 0 saturated heterocycles. The molecule has 94 valence electrons. The smallest absolute Gasteiger partial charge is 0.252 e. The van der Waals surface area contributed by atoms with Gasteiger partial charge >= 0.3 is 0 Å². The third-order valence-electron chi connectivity index (χ3n) is 3.38. The summed E-state index contributed by atoms with van der Waals surface area (Å²) >= 11 is 0. The van der Waals surface area contributed by atoms with E-state index >= 15 is 0 Å². The van der Waals surface area contributed by atoms with Crippen molar-refractivity contribution >= 4 is 5.91 Å². The van der Waals surface area contributed by atoms with Crippen molar-refractivity contribution in [3.63, 3.8) is 0 Å². The van der Waals surface area contributed by atoms with Gasteiger partial charge in [-0.2, -0.15) is 0 Å². The monoisotopic (exact) mass is 236 g/mol. The predicted molar refractivity (Wildman–Crippen MR) is 66.7 cm³/mol. The molecule has 1 aromatic rings. The minimum Gasteiger partial charge on any atom is -0.396 e. The molecule has 4 nitrogen and oxygen atoms in total. The summed E-state index contributed by atoms with van der Waals surface area (Å²) in [6, 6.07) is 3.45. The first kappa shape index (κ1) is 13.6. The molecule has 0 saturated carbocycles. The molecule has 1 heterocycles. The van der Waals surface area contributed by atoms with Crippen molar-refractivity contribution in [2.45, 2.75) is 26.7 Å². The van der Waals surface area contributed by atoms with E-state index in [1.54, 1.807) is 18.3 Å². The molecule has 0 unspecified atom stereocenters. The van der Waals surface area contributed by atoms with Crippen LogP contribution < -0.4 is 5.32 Å². The van der Waals surface area contributed by atoms with Crippen LogP contribution in [-0.2, 0) is 0 Å². The van der Waals surface area contributed by atoms with Gasteiger partial charge in [-0.15, -0.1) is 0 Å². The summed E-state index contributed by atoms with van der Waals surface area (Å²) in [5.41, 5.74) is 0.337. The van der Waals surface area contributed by atoms with Gasteiger partial charge in [0.2, 0.25) is 0 Å². The second-order valence-electron chi connectivity index (χ2n) is 4.29. The lowest BCUT2D eigenvalue weighted by atomic mass is 9.83. The molecule has 17 heavy (non-hydrogen) atoms. The summed E-state index contributed by atoms with van der Waals surface area (Å²) in [5, 5.41) is 12.3. The lowest BCUT2D eigenvalue weighted by Gasteiger charge is -2.29. The van der Waals surface area contributed by atoms with Gasteiger partial charge in [-0.3, -0.25) is 9.78 Å². The number of rotatable bonds is 6. The minimum atomic E-state index is -0.210. The van der Waals surface area contributed by atoms with Crippen LogP contribution in [0.2, 0.25) is 0 Å². The van der Waals surface area contributed by atoms with Crippen molar-refractivity contribution in [3.8, 4) is 0 Å². The standard InChI is InChI=1S/C13H20N2O2/c1-3-13(4-2,10-16)9-15-12(17)11-6-5-7-14-8-11/h5-8,16H,3-4,9-10H2,1-2H3,(H,15,17). The largest absolute Gasteiger partial charge is 0.396 e. The maximum atomic E-state index is 11.8. The molecule has 0 bridgehead atoms. The maximum absolute atomic E-state index is 11.8. The van der Waals surface area contributed by atoms with E-state index in [0.717, 1.165) is 12.8 Å². The van der Waals surface area contributed by atoms with Gasteiger partial charge in [-0.05, 0) is 25.0 Å². The zero-order valence-corrected chi connectivity index (χ0v) is 10.4. The SMILES string of the molecule is CCC(CC)(CO)CNC(=O)c1cccnc1. The van der Waals surface area contributed by atoms with Crippen molar-refractivity contribution < 1.29 is 9.90 Å². The molecule has 0 spiro atoms. The van der Waals surface area contributed by atoms with Crippen LogP contribution in [0.4, 0.5) is 0 Å². The van der Waals surface area contributed by atoms with Gasteiger partial charge < -0.3 is 10.4 Å². The van der Waals surface area contributed by atoms with Crippen LogP contribution in [0.5, 0.6) is 0 Å². The molecule has 0 aliphatic carbocycles. The molecule has 0 aliphatic rings. The molecule has 2 N–H and O–H groups in total. The number of carbonyl (C=O) groups excluding carboxylic acids is 1. The number of carbonyl (C=O) groups is 1. The van der Waals surface area contributed by atoms with Crippen LogP contribution in [-0.4, -0.2) is 29.1 Å². The summed E-state index contributed by atoms with van der Waals surface area (Å²) in [6.45, 7) is 4.63. The highest BCUT2D eigenvalue weighted by atomic mass is 16.3. The highest BCUT2D eigenvalue weighted by Crippen LogP contribution is 2.24. The molecule has 4 heteroatoms. The highest BCUT2D eigenvalue weighted by molar-refractivity contribution is 5.93. The van der Waals surface area contributed by atoms with E-state index in [-0.39, 0.29) is 17.9 Å². The fourth-order valence-electron chi connectivity index (χ4n) is 1.65. The van der Waals surface area contributed by atoms with Crippen LogP contribution in [0.1, 0.15) is 37.0 Å². The van der Waals surface area contributed by atoms with E-state index in [4.69, 9.17) is 0 Å². The number of pyridine rings is 1. The van der Waals surface area contributed by atoms with E-state index in [1.807, 2.05) is 13.8 Å². The maximum Gasteiger partial charge on any atom is 0.252 e. The molecule has 0 aliphatic heterocycles. The van der Waals surface area contributed by atoms with Gasteiger partial charge in [0.15, 0.2) is 0 Å². The van der Waals surface area contributed by atoms with Gasteiger partial charge in [0.25, 0.3) is 5.91 Å². The zero-order chi connectivity index (χ0) is 12.7. The molecule has 1 amide bonds. The van der Waals surface area contributed by atoms with E-state index < -0.39 is 0 Å². The third-order valence-corrected chi connectivity index (χ3v) is 3.38. The normalized spacial score (nSPS) is 11.2. The number of nitrogens with zero attached hydrogens (tertiary/aromatic N) is 1. The van der Waals surface area contributed by atoms with Gasteiger partial charge in [0.1, 0.15) is 0 Å². The Morgan fingerprint density at radius 1 is 1.47 bits per heavy atom. The Kier molecular flexibility index (Phi) is 5.10. The average molecular weight is 236 g/mol. The molecule has 1 rings (SSSR count). The Balaban J connectivity index is 2.59. The molecular formula is C13H20N2O2. The van der Waals surface area contributed by atoms with Crippen molar-refractivity contribution in [1.82, 2.24) is 10.3 Å². The van der Waals surface area contributed by atoms with Gasteiger partial charge in [-0.25, -0.2) is 0 Å². The lowest BCUT2D eigenvalue weighted by molar-refractivity contribution is 0.0851. The first-order valence-corrected chi connectivity index (χ1v) is 5.96. The van der Waals surface area contributed by atoms with E-state index in [2.05, 4.69) is 10.3 Å². The van der Waals surface area contributed by atoms with Crippen molar-refractivity contribution in [3.05, 3.63) is 30.1 Å². The van der Waals surface area contributed by atoms with E-state index in [9.17, 15) is 9.90 Å². The first-order valence-electron chi connectivity index (χ1n) is 5.96. The summed E-state index contributed by atoms with van der Waals surface area (Å²) in [6.07, 6.45) is 4.85. The second kappa shape index (κ2) is 6.35. The number of amides is 1. The number of hydrogen-bond donors (Lipinski definition) is 2. The Morgan fingerprint density at radius 3 is 2.65 bits per heavy atom.